The highest BCUT2D eigenvalue weighted by Crippen LogP contribution is 2.36. The second-order valence-electron chi connectivity index (χ2n) is 7.32. The summed E-state index contributed by atoms with van der Waals surface area (Å²) >= 11 is 0. The Bertz CT molecular complexity index is 1140. The molecule has 1 saturated carbocycles. The van der Waals surface area contributed by atoms with E-state index in [4.69, 9.17) is 4.98 Å². The zero-order chi connectivity index (χ0) is 19.8. The predicted octanol–water partition coefficient (Wildman–Crippen LogP) is 2.92. The number of fused-ring (bicyclic) bond motifs is 1. The van der Waals surface area contributed by atoms with Gasteiger partial charge in [0.25, 0.3) is 0 Å². The monoisotopic (exact) mass is 392 g/mol. The lowest BCUT2D eigenvalue weighted by molar-refractivity contribution is 0.300. The largest absolute Gasteiger partial charge is 0.319 e. The molecule has 5 rings (SSSR count). The zero-order valence-electron chi connectivity index (χ0n) is 16.0. The average Bonchev–Trinajstić information content (AvgIpc) is 3.41. The number of nitrogens with one attached hydrogen (secondary N) is 1. The first-order chi connectivity index (χ1) is 14.2. The lowest BCUT2D eigenvalue weighted by Crippen LogP contribution is -2.32. The molecular weight excluding hydrogens is 371 g/mol. The van der Waals surface area contributed by atoms with Crippen LogP contribution in [0.3, 0.4) is 0 Å². The maximum atomic E-state index is 14.6. The first-order valence-electron chi connectivity index (χ1n) is 9.77. The summed E-state index contributed by atoms with van der Waals surface area (Å²) in [6.07, 6.45) is 10.8. The SMILES string of the molecule is CNC1CCCC(n2c(-c3ncccc3F)nc3cnc(-n4ccnn4)cc32)C1. The topological polar surface area (TPSA) is 86.3 Å². The van der Waals surface area contributed by atoms with Crippen LogP contribution in [0.25, 0.3) is 28.4 Å². The van der Waals surface area contributed by atoms with Crippen LogP contribution in [0.15, 0.2) is 43.0 Å². The van der Waals surface area contributed by atoms with Crippen LogP contribution in [0, 0.1) is 5.82 Å². The molecule has 0 aliphatic heterocycles. The van der Waals surface area contributed by atoms with E-state index in [1.807, 2.05) is 13.1 Å². The summed E-state index contributed by atoms with van der Waals surface area (Å²) in [5, 5.41) is 11.3. The highest BCUT2D eigenvalue weighted by Gasteiger charge is 2.28. The Labute approximate surface area is 166 Å². The van der Waals surface area contributed by atoms with Gasteiger partial charge in [-0.2, -0.15) is 0 Å². The summed E-state index contributed by atoms with van der Waals surface area (Å²) in [6, 6.07) is 5.55. The lowest BCUT2D eigenvalue weighted by Gasteiger charge is -2.31. The first-order valence-corrected chi connectivity index (χ1v) is 9.77. The van der Waals surface area contributed by atoms with Crippen LogP contribution in [0.4, 0.5) is 4.39 Å². The second kappa shape index (κ2) is 7.32. The number of halogens is 1. The van der Waals surface area contributed by atoms with Gasteiger partial charge < -0.3 is 9.88 Å². The van der Waals surface area contributed by atoms with Crippen molar-refractivity contribution in [3.63, 3.8) is 0 Å². The van der Waals surface area contributed by atoms with Crippen molar-refractivity contribution in [3.05, 3.63) is 48.8 Å². The van der Waals surface area contributed by atoms with E-state index in [0.717, 1.165) is 31.2 Å². The smallest absolute Gasteiger partial charge is 0.163 e. The first kappa shape index (κ1) is 17.9. The zero-order valence-corrected chi connectivity index (χ0v) is 16.0. The number of hydrogen-bond acceptors (Lipinski definition) is 6. The van der Waals surface area contributed by atoms with Crippen molar-refractivity contribution >= 4 is 11.0 Å². The summed E-state index contributed by atoms with van der Waals surface area (Å²) in [4.78, 5) is 13.5. The van der Waals surface area contributed by atoms with Gasteiger partial charge in [0.05, 0.1) is 24.1 Å². The van der Waals surface area contributed by atoms with E-state index in [1.165, 1.54) is 6.07 Å². The molecule has 4 heterocycles. The summed E-state index contributed by atoms with van der Waals surface area (Å²) in [6.45, 7) is 0. The van der Waals surface area contributed by atoms with E-state index in [9.17, 15) is 4.39 Å². The molecule has 1 N–H and O–H groups in total. The van der Waals surface area contributed by atoms with Gasteiger partial charge in [-0.25, -0.2) is 24.0 Å². The summed E-state index contributed by atoms with van der Waals surface area (Å²) in [7, 11) is 1.99. The van der Waals surface area contributed by atoms with Gasteiger partial charge in [-0.05, 0) is 44.9 Å². The fourth-order valence-electron chi connectivity index (χ4n) is 4.19. The average molecular weight is 392 g/mol. The fraction of sp³-hybridized carbons (Fsp3) is 0.350. The number of pyridine rings is 2. The minimum absolute atomic E-state index is 0.189. The molecule has 8 nitrogen and oxygen atoms in total. The third kappa shape index (κ3) is 3.17. The summed E-state index contributed by atoms with van der Waals surface area (Å²) < 4.78 is 18.4. The third-order valence-electron chi connectivity index (χ3n) is 5.61. The highest BCUT2D eigenvalue weighted by atomic mass is 19.1. The maximum absolute atomic E-state index is 14.6. The molecule has 9 heteroatoms. The molecule has 0 radical (unpaired) electrons. The molecule has 1 aliphatic rings. The van der Waals surface area contributed by atoms with Gasteiger partial charge in [0.1, 0.15) is 11.2 Å². The van der Waals surface area contributed by atoms with Crippen molar-refractivity contribution < 1.29 is 4.39 Å². The minimum Gasteiger partial charge on any atom is -0.319 e. The summed E-state index contributed by atoms with van der Waals surface area (Å²) in [5.41, 5.74) is 1.87. The number of hydrogen-bond donors (Lipinski definition) is 1. The Morgan fingerprint density at radius 2 is 2.14 bits per heavy atom. The van der Waals surface area contributed by atoms with Gasteiger partial charge in [0.2, 0.25) is 0 Å². The van der Waals surface area contributed by atoms with Crippen LogP contribution in [-0.4, -0.2) is 47.6 Å². The molecule has 0 spiro atoms. The van der Waals surface area contributed by atoms with Crippen LogP contribution >= 0.6 is 0 Å². The predicted molar refractivity (Wildman–Crippen MR) is 106 cm³/mol. The Kier molecular flexibility index (Phi) is 4.51. The molecule has 0 saturated heterocycles. The van der Waals surface area contributed by atoms with E-state index in [1.54, 1.807) is 35.5 Å². The Morgan fingerprint density at radius 1 is 1.21 bits per heavy atom. The Hall–Kier alpha value is -3.20. The van der Waals surface area contributed by atoms with E-state index in [2.05, 4.69) is 30.2 Å². The van der Waals surface area contributed by atoms with Crippen LogP contribution in [-0.2, 0) is 0 Å². The van der Waals surface area contributed by atoms with E-state index < -0.39 is 0 Å². The molecule has 0 bridgehead atoms. The van der Waals surface area contributed by atoms with E-state index >= 15 is 0 Å². The minimum atomic E-state index is -0.380. The van der Waals surface area contributed by atoms with Crippen LogP contribution in [0.2, 0.25) is 0 Å². The van der Waals surface area contributed by atoms with Gasteiger partial charge in [0, 0.05) is 24.3 Å². The molecule has 0 amide bonds. The maximum Gasteiger partial charge on any atom is 0.163 e. The molecule has 2 atom stereocenters. The number of nitrogens with zero attached hydrogens (tertiary/aromatic N) is 7. The molecule has 4 aromatic heterocycles. The van der Waals surface area contributed by atoms with Gasteiger partial charge in [-0.3, -0.25) is 0 Å². The Morgan fingerprint density at radius 3 is 2.93 bits per heavy atom. The standard InChI is InChI=1S/C20H21FN8/c1-22-13-4-2-5-14(10-13)29-17-11-18(28-9-8-25-27-28)24-12-16(17)26-20(29)19-15(21)6-3-7-23-19/h3,6-9,11-14,22H,2,4-5,10H2,1H3. The molecule has 29 heavy (non-hydrogen) atoms. The van der Waals surface area contributed by atoms with Gasteiger partial charge >= 0.3 is 0 Å². The van der Waals surface area contributed by atoms with Crippen LogP contribution in [0.5, 0.6) is 0 Å². The van der Waals surface area contributed by atoms with Crippen molar-refractivity contribution in [3.8, 4) is 17.3 Å². The molecule has 0 aromatic carbocycles. The second-order valence-corrected chi connectivity index (χ2v) is 7.32. The lowest BCUT2D eigenvalue weighted by atomic mass is 9.90. The van der Waals surface area contributed by atoms with E-state index in [0.29, 0.717) is 23.2 Å². The molecule has 148 valence electrons. The normalized spacial score (nSPS) is 19.7. The van der Waals surface area contributed by atoms with E-state index in [-0.39, 0.29) is 17.6 Å². The van der Waals surface area contributed by atoms with Crippen LogP contribution in [0.1, 0.15) is 31.7 Å². The fourth-order valence-corrected chi connectivity index (χ4v) is 4.19. The molecule has 1 aliphatic carbocycles. The number of rotatable bonds is 4. The van der Waals surface area contributed by atoms with Crippen molar-refractivity contribution in [1.29, 1.82) is 0 Å². The van der Waals surface area contributed by atoms with Gasteiger partial charge in [-0.15, -0.1) is 5.10 Å². The van der Waals surface area contributed by atoms with Crippen molar-refractivity contribution in [2.45, 2.75) is 37.8 Å². The van der Waals surface area contributed by atoms with Crippen molar-refractivity contribution in [2.75, 3.05) is 7.05 Å². The molecule has 4 aromatic rings. The summed E-state index contributed by atoms with van der Waals surface area (Å²) in [5.74, 6) is 0.803. The number of aromatic nitrogens is 7. The quantitative estimate of drug-likeness (QED) is 0.575. The Balaban J connectivity index is 1.72. The van der Waals surface area contributed by atoms with Gasteiger partial charge in [-0.1, -0.05) is 5.21 Å². The number of imidazole rings is 1. The molecule has 2 unspecified atom stereocenters. The van der Waals surface area contributed by atoms with Crippen molar-refractivity contribution in [2.24, 2.45) is 0 Å². The van der Waals surface area contributed by atoms with Crippen molar-refractivity contribution in [1.82, 2.24) is 39.8 Å². The van der Waals surface area contributed by atoms with Gasteiger partial charge in [0.15, 0.2) is 17.5 Å². The molecule has 1 fully saturated rings. The highest BCUT2D eigenvalue weighted by molar-refractivity contribution is 5.81. The third-order valence-corrected chi connectivity index (χ3v) is 5.61. The molecular formula is C20H21FN8. The van der Waals surface area contributed by atoms with Crippen LogP contribution < -0.4 is 5.32 Å².